The minimum absolute atomic E-state index is 0.0234. The summed E-state index contributed by atoms with van der Waals surface area (Å²) in [6.45, 7) is 3.31. The molecule has 1 saturated heterocycles. The second kappa shape index (κ2) is 8.32. The summed E-state index contributed by atoms with van der Waals surface area (Å²) in [5.74, 6) is 0. The predicted octanol–water partition coefficient (Wildman–Crippen LogP) is 4.62. The Morgan fingerprint density at radius 1 is 1.23 bits per heavy atom. The molecule has 4 rings (SSSR count). The summed E-state index contributed by atoms with van der Waals surface area (Å²) in [6.07, 6.45) is -2.00. The normalized spacial score (nSPS) is 15.0. The quantitative estimate of drug-likeness (QED) is 0.610. The molecule has 1 aliphatic heterocycles. The van der Waals surface area contributed by atoms with Crippen LogP contribution >= 0.6 is 11.6 Å². The molecule has 0 aliphatic carbocycles. The van der Waals surface area contributed by atoms with Crippen molar-refractivity contribution < 1.29 is 18.0 Å². The lowest BCUT2D eigenvalue weighted by atomic mass is 10.1. The van der Waals surface area contributed by atoms with E-state index in [4.69, 9.17) is 11.6 Å². The lowest BCUT2D eigenvalue weighted by Crippen LogP contribution is -2.59. The first-order valence-corrected chi connectivity index (χ1v) is 9.94. The van der Waals surface area contributed by atoms with Gasteiger partial charge in [-0.05, 0) is 25.1 Å². The number of aryl methyl sites for hydroxylation is 1. The molecule has 2 aromatic heterocycles. The smallest absolute Gasteiger partial charge is 0.333 e. The molecular weight excluding hydrogens is 431 g/mol. The first-order valence-electron chi connectivity index (χ1n) is 9.56. The van der Waals surface area contributed by atoms with Crippen molar-refractivity contribution in [3.8, 4) is 0 Å². The maximum absolute atomic E-state index is 12.7. The number of anilines is 1. The number of carbonyl (C=O) groups excluding carboxylic acids is 1. The Morgan fingerprint density at radius 2 is 2.00 bits per heavy atom. The number of nitrogens with one attached hydrogen (secondary N) is 2. The van der Waals surface area contributed by atoms with Gasteiger partial charge in [0.05, 0.1) is 28.0 Å². The highest BCUT2D eigenvalue weighted by Crippen LogP contribution is 2.31. The second-order valence-electron chi connectivity index (χ2n) is 7.44. The molecule has 3 aromatic rings. The topological polar surface area (TPSA) is 70.2 Å². The first kappa shape index (κ1) is 21.3. The van der Waals surface area contributed by atoms with E-state index in [2.05, 4.69) is 20.6 Å². The van der Waals surface area contributed by atoms with Gasteiger partial charge in [-0.25, -0.2) is 4.79 Å². The van der Waals surface area contributed by atoms with Crippen molar-refractivity contribution in [2.75, 3.05) is 18.4 Å². The van der Waals surface area contributed by atoms with Gasteiger partial charge < -0.3 is 10.6 Å². The van der Waals surface area contributed by atoms with Crippen LogP contribution in [0.1, 0.15) is 17.0 Å². The Morgan fingerprint density at radius 3 is 2.71 bits per heavy atom. The minimum atomic E-state index is -4.48. The van der Waals surface area contributed by atoms with Crippen molar-refractivity contribution in [3.63, 3.8) is 0 Å². The Balaban J connectivity index is 1.31. The summed E-state index contributed by atoms with van der Waals surface area (Å²) in [5, 5.41) is 7.61. The first-order chi connectivity index (χ1) is 14.7. The number of nitrogens with zero attached hydrogens (tertiary/aromatic N) is 3. The van der Waals surface area contributed by atoms with E-state index < -0.39 is 11.7 Å². The van der Waals surface area contributed by atoms with Gasteiger partial charge in [-0.15, -0.1) is 0 Å². The molecule has 2 N–H and O–H groups in total. The van der Waals surface area contributed by atoms with E-state index in [1.54, 1.807) is 6.20 Å². The van der Waals surface area contributed by atoms with Crippen LogP contribution in [0.15, 0.2) is 42.7 Å². The van der Waals surface area contributed by atoms with Crippen molar-refractivity contribution in [1.29, 1.82) is 0 Å². The van der Waals surface area contributed by atoms with Crippen molar-refractivity contribution in [2.45, 2.75) is 25.7 Å². The lowest BCUT2D eigenvalue weighted by Gasteiger charge is -2.39. The van der Waals surface area contributed by atoms with Crippen LogP contribution in [0, 0.1) is 6.92 Å². The predicted molar refractivity (Wildman–Crippen MR) is 112 cm³/mol. The number of fused-ring (bicyclic) bond motifs is 1. The zero-order valence-electron chi connectivity index (χ0n) is 16.5. The highest BCUT2D eigenvalue weighted by atomic mass is 35.5. The molecule has 1 aromatic carbocycles. The number of pyridine rings is 2. The number of likely N-dealkylation sites (tertiary alicyclic amines) is 1. The average Bonchev–Trinajstić information content (AvgIpc) is 2.67. The van der Waals surface area contributed by atoms with Gasteiger partial charge in [0.2, 0.25) is 0 Å². The van der Waals surface area contributed by atoms with E-state index in [1.807, 2.05) is 36.1 Å². The number of rotatable bonds is 4. The van der Waals surface area contributed by atoms with E-state index in [0.717, 1.165) is 28.7 Å². The summed E-state index contributed by atoms with van der Waals surface area (Å²) in [4.78, 5) is 22.4. The zero-order chi connectivity index (χ0) is 22.2. The van der Waals surface area contributed by atoms with Crippen LogP contribution in [0.25, 0.3) is 10.8 Å². The Labute approximate surface area is 181 Å². The number of benzene rings is 1. The number of hydrogen-bond donors (Lipinski definition) is 2. The van der Waals surface area contributed by atoms with Crippen LogP contribution in [0.5, 0.6) is 0 Å². The summed E-state index contributed by atoms with van der Waals surface area (Å²) >= 11 is 5.96. The summed E-state index contributed by atoms with van der Waals surface area (Å²) in [7, 11) is 0. The van der Waals surface area contributed by atoms with Gasteiger partial charge in [-0.2, -0.15) is 13.2 Å². The summed E-state index contributed by atoms with van der Waals surface area (Å²) in [6, 6.07) is 7.97. The third-order valence-electron chi connectivity index (χ3n) is 5.16. The summed E-state index contributed by atoms with van der Waals surface area (Å²) in [5.41, 5.74) is 1.07. The van der Waals surface area contributed by atoms with Gasteiger partial charge in [0.25, 0.3) is 0 Å². The minimum Gasteiger partial charge on any atom is -0.333 e. The average molecular weight is 450 g/mol. The number of urea groups is 1. The van der Waals surface area contributed by atoms with Crippen LogP contribution in [-0.4, -0.2) is 40.0 Å². The highest BCUT2D eigenvalue weighted by molar-refractivity contribution is 6.31. The van der Waals surface area contributed by atoms with Crippen LogP contribution in [0.3, 0.4) is 0 Å². The van der Waals surface area contributed by atoms with Crippen LogP contribution < -0.4 is 10.6 Å². The van der Waals surface area contributed by atoms with Crippen molar-refractivity contribution in [3.05, 3.63) is 64.7 Å². The molecule has 0 unspecified atom stereocenters. The molecule has 0 saturated carbocycles. The summed E-state index contributed by atoms with van der Waals surface area (Å²) < 4.78 is 38.1. The van der Waals surface area contributed by atoms with Crippen molar-refractivity contribution >= 4 is 34.1 Å². The fraction of sp³-hybridized carbons (Fsp3) is 0.286. The van der Waals surface area contributed by atoms with Gasteiger partial charge in [0.1, 0.15) is 0 Å². The third kappa shape index (κ3) is 4.72. The SMILES string of the molecule is Cc1nccc2c(NC(=O)NC3CN(Cc4ncc(C(F)(F)F)cc4Cl)C3)cccc12. The zero-order valence-corrected chi connectivity index (χ0v) is 17.3. The molecule has 31 heavy (non-hydrogen) atoms. The van der Waals surface area contributed by atoms with Crippen LogP contribution in [0.4, 0.5) is 23.7 Å². The number of halogens is 4. The Kier molecular flexibility index (Phi) is 5.72. The fourth-order valence-corrected chi connectivity index (χ4v) is 3.77. The highest BCUT2D eigenvalue weighted by Gasteiger charge is 2.33. The van der Waals surface area contributed by atoms with E-state index >= 15 is 0 Å². The number of aromatic nitrogens is 2. The molecule has 0 spiro atoms. The molecule has 2 amide bonds. The monoisotopic (exact) mass is 449 g/mol. The van der Waals surface area contributed by atoms with Gasteiger partial charge in [0.15, 0.2) is 0 Å². The molecule has 6 nitrogen and oxygen atoms in total. The number of alkyl halides is 3. The van der Waals surface area contributed by atoms with Gasteiger partial charge in [-0.1, -0.05) is 23.7 Å². The second-order valence-corrected chi connectivity index (χ2v) is 7.84. The van der Waals surface area contributed by atoms with Crippen LogP contribution in [-0.2, 0) is 12.7 Å². The fourth-order valence-electron chi connectivity index (χ4n) is 3.55. The maximum Gasteiger partial charge on any atom is 0.417 e. The third-order valence-corrected chi connectivity index (χ3v) is 5.49. The molecule has 3 heterocycles. The van der Waals surface area contributed by atoms with Gasteiger partial charge >= 0.3 is 12.2 Å². The molecule has 0 radical (unpaired) electrons. The maximum atomic E-state index is 12.7. The molecular formula is C21H19ClF3N5O. The molecule has 1 fully saturated rings. The van der Waals surface area contributed by atoms with E-state index in [1.165, 1.54) is 0 Å². The number of amides is 2. The van der Waals surface area contributed by atoms with E-state index in [0.29, 0.717) is 31.0 Å². The van der Waals surface area contributed by atoms with Crippen LogP contribution in [0.2, 0.25) is 5.02 Å². The lowest BCUT2D eigenvalue weighted by molar-refractivity contribution is -0.137. The Hall–Kier alpha value is -2.91. The molecule has 1 aliphatic rings. The van der Waals surface area contributed by atoms with Crippen molar-refractivity contribution in [1.82, 2.24) is 20.2 Å². The standard InChI is InChI=1S/C21H19ClF3N5O/c1-12-15-3-2-4-18(16(15)5-6-26-12)29-20(31)28-14-9-30(10-14)11-19-17(22)7-13(8-27-19)21(23,24)25/h2-8,14H,9-11H2,1H3,(H2,28,29,31). The van der Waals surface area contributed by atoms with Crippen molar-refractivity contribution in [2.24, 2.45) is 0 Å². The molecule has 10 heteroatoms. The van der Waals surface area contributed by atoms with E-state index in [-0.39, 0.29) is 17.1 Å². The largest absolute Gasteiger partial charge is 0.417 e. The van der Waals surface area contributed by atoms with Gasteiger partial charge in [-0.3, -0.25) is 14.9 Å². The Bertz CT molecular complexity index is 1130. The number of carbonyl (C=O) groups is 1. The number of hydrogen-bond acceptors (Lipinski definition) is 4. The van der Waals surface area contributed by atoms with Gasteiger partial charge in [0, 0.05) is 48.5 Å². The van der Waals surface area contributed by atoms with E-state index in [9.17, 15) is 18.0 Å². The molecule has 0 atom stereocenters. The molecule has 162 valence electrons. The molecule has 0 bridgehead atoms.